The van der Waals surface area contributed by atoms with Crippen molar-refractivity contribution in [2.45, 2.75) is 12.3 Å². The predicted molar refractivity (Wildman–Crippen MR) is 48.5 cm³/mol. The van der Waals surface area contributed by atoms with Crippen LogP contribution in [0, 0.1) is 0 Å². The van der Waals surface area contributed by atoms with E-state index in [-0.39, 0.29) is 5.56 Å². The Morgan fingerprint density at radius 1 is 1.38 bits per heavy atom. The Balaban J connectivity index is 3.15. The monoisotopic (exact) mass is 235 g/mol. The fourth-order valence-corrected chi connectivity index (χ4v) is 1.13. The van der Waals surface area contributed by atoms with Crippen LogP contribution < -0.4 is 5.73 Å². The van der Waals surface area contributed by atoms with E-state index in [9.17, 15) is 18.0 Å². The lowest BCUT2D eigenvalue weighted by molar-refractivity contribution is -0.146. The molecule has 1 unspecified atom stereocenters. The standard InChI is InChI=1S/C9H8F3NO3/c10-9(11,12)4-1-2-5(6(13)3-4)7(14)8(15)16/h1-3,7,14H,13H2,(H,15,16). The Hall–Kier alpha value is -1.76. The summed E-state index contributed by atoms with van der Waals surface area (Å²) in [4.78, 5) is 10.4. The van der Waals surface area contributed by atoms with Gasteiger partial charge in [0.2, 0.25) is 0 Å². The van der Waals surface area contributed by atoms with Crippen LogP contribution in [0.25, 0.3) is 0 Å². The molecule has 88 valence electrons. The molecule has 1 rings (SSSR count). The summed E-state index contributed by atoms with van der Waals surface area (Å²) in [6, 6.07) is 2.09. The first-order chi connectivity index (χ1) is 7.23. The largest absolute Gasteiger partial charge is 0.479 e. The zero-order valence-corrected chi connectivity index (χ0v) is 7.82. The topological polar surface area (TPSA) is 83.5 Å². The van der Waals surface area contributed by atoms with Crippen LogP contribution >= 0.6 is 0 Å². The van der Waals surface area contributed by atoms with Gasteiger partial charge in [-0.2, -0.15) is 13.2 Å². The summed E-state index contributed by atoms with van der Waals surface area (Å²) < 4.78 is 36.7. The highest BCUT2D eigenvalue weighted by Gasteiger charge is 2.31. The fraction of sp³-hybridized carbons (Fsp3) is 0.222. The average Bonchev–Trinajstić information content (AvgIpc) is 2.15. The van der Waals surface area contributed by atoms with Gasteiger partial charge < -0.3 is 15.9 Å². The van der Waals surface area contributed by atoms with E-state index in [1.165, 1.54) is 0 Å². The molecule has 16 heavy (non-hydrogen) atoms. The van der Waals surface area contributed by atoms with Crippen LogP contribution in [0.2, 0.25) is 0 Å². The van der Waals surface area contributed by atoms with Crippen molar-refractivity contribution in [3.8, 4) is 0 Å². The highest BCUT2D eigenvalue weighted by molar-refractivity contribution is 5.76. The number of carboxylic acid groups (broad SMARTS) is 1. The molecule has 0 aliphatic heterocycles. The molecule has 7 heteroatoms. The third-order valence-corrected chi connectivity index (χ3v) is 1.94. The van der Waals surface area contributed by atoms with Gasteiger partial charge >= 0.3 is 12.1 Å². The number of hydrogen-bond donors (Lipinski definition) is 3. The first-order valence-corrected chi connectivity index (χ1v) is 4.11. The van der Waals surface area contributed by atoms with E-state index in [2.05, 4.69) is 0 Å². The van der Waals surface area contributed by atoms with E-state index in [0.717, 1.165) is 6.07 Å². The molecule has 4 nitrogen and oxygen atoms in total. The number of nitrogen functional groups attached to an aromatic ring is 1. The van der Waals surface area contributed by atoms with Crippen LogP contribution in [0.1, 0.15) is 17.2 Å². The lowest BCUT2D eigenvalue weighted by atomic mass is 10.0. The summed E-state index contributed by atoms with van der Waals surface area (Å²) in [6.45, 7) is 0. The van der Waals surface area contributed by atoms with Crippen molar-refractivity contribution in [2.24, 2.45) is 0 Å². The number of rotatable bonds is 2. The number of hydrogen-bond acceptors (Lipinski definition) is 3. The predicted octanol–water partition coefficient (Wildman–Crippen LogP) is 1.41. The number of carbonyl (C=O) groups is 1. The summed E-state index contributed by atoms with van der Waals surface area (Å²) in [5, 5.41) is 17.6. The van der Waals surface area contributed by atoms with E-state index in [0.29, 0.717) is 12.1 Å². The van der Waals surface area contributed by atoms with Crippen molar-refractivity contribution in [3.05, 3.63) is 29.3 Å². The number of nitrogens with two attached hydrogens (primary N) is 1. The zero-order valence-electron chi connectivity index (χ0n) is 7.82. The molecule has 0 radical (unpaired) electrons. The molecule has 0 fully saturated rings. The normalized spacial score (nSPS) is 13.5. The smallest absolute Gasteiger partial charge is 0.416 e. The molecule has 0 aromatic heterocycles. The average molecular weight is 235 g/mol. The van der Waals surface area contributed by atoms with Gasteiger partial charge in [0.1, 0.15) is 0 Å². The van der Waals surface area contributed by atoms with Gasteiger partial charge in [0.05, 0.1) is 5.56 Å². The van der Waals surface area contributed by atoms with Gasteiger partial charge in [-0.15, -0.1) is 0 Å². The maximum Gasteiger partial charge on any atom is 0.416 e. The Kier molecular flexibility index (Phi) is 3.09. The first kappa shape index (κ1) is 12.3. The molecule has 0 amide bonds. The molecule has 0 saturated carbocycles. The molecule has 4 N–H and O–H groups in total. The third kappa shape index (κ3) is 2.43. The van der Waals surface area contributed by atoms with Gasteiger partial charge in [-0.05, 0) is 12.1 Å². The van der Waals surface area contributed by atoms with Crippen LogP contribution in [0.15, 0.2) is 18.2 Å². The SMILES string of the molecule is Nc1cc(C(F)(F)F)ccc1C(O)C(=O)O. The lowest BCUT2D eigenvalue weighted by Crippen LogP contribution is -2.14. The van der Waals surface area contributed by atoms with Crippen LogP contribution in [-0.4, -0.2) is 16.2 Å². The van der Waals surface area contributed by atoms with Crippen molar-refractivity contribution < 1.29 is 28.2 Å². The molecule has 1 atom stereocenters. The molecule has 0 bridgehead atoms. The number of halogens is 3. The minimum Gasteiger partial charge on any atom is -0.479 e. The van der Waals surface area contributed by atoms with Gasteiger partial charge in [-0.3, -0.25) is 0 Å². The zero-order chi connectivity index (χ0) is 12.5. The van der Waals surface area contributed by atoms with Crippen molar-refractivity contribution >= 4 is 11.7 Å². The second kappa shape index (κ2) is 4.01. The fourth-order valence-electron chi connectivity index (χ4n) is 1.13. The molecular weight excluding hydrogens is 227 g/mol. The number of aliphatic hydroxyl groups excluding tert-OH is 1. The van der Waals surface area contributed by atoms with E-state index < -0.39 is 29.5 Å². The Bertz CT molecular complexity index is 417. The first-order valence-electron chi connectivity index (χ1n) is 4.11. The maximum atomic E-state index is 12.2. The number of carboxylic acids is 1. The van der Waals surface area contributed by atoms with Crippen molar-refractivity contribution in [1.29, 1.82) is 0 Å². The minimum absolute atomic E-state index is 0.263. The Morgan fingerprint density at radius 2 is 1.94 bits per heavy atom. The maximum absolute atomic E-state index is 12.2. The van der Waals surface area contributed by atoms with Gasteiger partial charge in [-0.1, -0.05) is 6.07 Å². The summed E-state index contributed by atoms with van der Waals surface area (Å²) in [6.07, 6.45) is -6.48. The van der Waals surface area contributed by atoms with Crippen LogP contribution in [0.4, 0.5) is 18.9 Å². The van der Waals surface area contributed by atoms with Crippen molar-refractivity contribution in [2.75, 3.05) is 5.73 Å². The molecule has 0 aliphatic rings. The van der Waals surface area contributed by atoms with Gasteiger partial charge in [0.25, 0.3) is 0 Å². The van der Waals surface area contributed by atoms with Crippen LogP contribution in [0.3, 0.4) is 0 Å². The summed E-state index contributed by atoms with van der Waals surface area (Å²) >= 11 is 0. The molecule has 0 aliphatic carbocycles. The van der Waals surface area contributed by atoms with E-state index in [1.807, 2.05) is 0 Å². The van der Waals surface area contributed by atoms with E-state index in [1.54, 1.807) is 0 Å². The summed E-state index contributed by atoms with van der Waals surface area (Å²) in [5.41, 5.74) is 3.56. The second-order valence-electron chi connectivity index (χ2n) is 3.08. The third-order valence-electron chi connectivity index (χ3n) is 1.94. The van der Waals surface area contributed by atoms with Gasteiger partial charge in [-0.25, -0.2) is 4.79 Å². The number of anilines is 1. The van der Waals surface area contributed by atoms with Crippen molar-refractivity contribution in [3.63, 3.8) is 0 Å². The molecule has 0 spiro atoms. The molecular formula is C9H8F3NO3. The Morgan fingerprint density at radius 3 is 2.31 bits per heavy atom. The van der Waals surface area contributed by atoms with Crippen molar-refractivity contribution in [1.82, 2.24) is 0 Å². The quantitative estimate of drug-likeness (QED) is 0.676. The molecule has 1 aromatic carbocycles. The summed E-state index contributed by atoms with van der Waals surface area (Å²) in [7, 11) is 0. The Labute approximate surface area is 88.1 Å². The molecule has 1 aromatic rings. The second-order valence-corrected chi connectivity index (χ2v) is 3.08. The highest BCUT2D eigenvalue weighted by atomic mass is 19.4. The minimum atomic E-state index is -4.55. The molecule has 0 heterocycles. The van der Waals surface area contributed by atoms with Gasteiger partial charge in [0, 0.05) is 11.3 Å². The highest BCUT2D eigenvalue weighted by Crippen LogP contribution is 2.32. The number of benzene rings is 1. The number of aliphatic hydroxyl groups is 1. The molecule has 0 saturated heterocycles. The van der Waals surface area contributed by atoms with E-state index in [4.69, 9.17) is 15.9 Å². The summed E-state index contributed by atoms with van der Waals surface area (Å²) in [5.74, 6) is -1.58. The lowest BCUT2D eigenvalue weighted by Gasteiger charge is -2.12. The van der Waals surface area contributed by atoms with Gasteiger partial charge in [0.15, 0.2) is 6.10 Å². The van der Waals surface area contributed by atoms with Crippen LogP contribution in [0.5, 0.6) is 0 Å². The van der Waals surface area contributed by atoms with Crippen LogP contribution in [-0.2, 0) is 11.0 Å². The van der Waals surface area contributed by atoms with E-state index >= 15 is 0 Å². The number of alkyl halides is 3. The number of aliphatic carboxylic acids is 1.